The molecule has 0 bridgehead atoms. The standard InChI is InChI=1S/C17H19ClN2/c18-16-8-4-3-7-15(16)17(20-19)14-10-9-12-5-1-2-6-13(12)11-14/h1-8,14,17,20H,9-11,19H2. The molecule has 0 spiro atoms. The largest absolute Gasteiger partial charge is 0.271 e. The van der Waals surface area contributed by atoms with Crippen molar-refractivity contribution in [1.29, 1.82) is 0 Å². The summed E-state index contributed by atoms with van der Waals surface area (Å²) < 4.78 is 0. The monoisotopic (exact) mass is 286 g/mol. The first-order valence-electron chi connectivity index (χ1n) is 7.07. The van der Waals surface area contributed by atoms with Gasteiger partial charge in [0.1, 0.15) is 0 Å². The molecule has 0 saturated carbocycles. The minimum atomic E-state index is 0.108. The third kappa shape index (κ3) is 2.59. The van der Waals surface area contributed by atoms with Gasteiger partial charge in [-0.25, -0.2) is 0 Å². The van der Waals surface area contributed by atoms with Crippen LogP contribution in [0.5, 0.6) is 0 Å². The first-order valence-corrected chi connectivity index (χ1v) is 7.44. The molecule has 0 radical (unpaired) electrons. The van der Waals surface area contributed by atoms with Crippen molar-refractivity contribution < 1.29 is 0 Å². The van der Waals surface area contributed by atoms with E-state index in [9.17, 15) is 0 Å². The molecule has 20 heavy (non-hydrogen) atoms. The molecular formula is C17H19ClN2. The predicted octanol–water partition coefficient (Wildman–Crippen LogP) is 3.65. The van der Waals surface area contributed by atoms with Crippen molar-refractivity contribution in [3.63, 3.8) is 0 Å². The highest BCUT2D eigenvalue weighted by molar-refractivity contribution is 6.31. The fourth-order valence-corrected chi connectivity index (χ4v) is 3.47. The number of hydrogen-bond acceptors (Lipinski definition) is 2. The van der Waals surface area contributed by atoms with Gasteiger partial charge in [0.25, 0.3) is 0 Å². The summed E-state index contributed by atoms with van der Waals surface area (Å²) >= 11 is 6.32. The van der Waals surface area contributed by atoms with Crippen LogP contribution in [0.25, 0.3) is 0 Å². The molecule has 3 N–H and O–H groups in total. The van der Waals surface area contributed by atoms with E-state index < -0.39 is 0 Å². The lowest BCUT2D eigenvalue weighted by Gasteiger charge is -2.32. The van der Waals surface area contributed by atoms with Crippen molar-refractivity contribution in [2.45, 2.75) is 25.3 Å². The number of nitrogens with two attached hydrogens (primary N) is 1. The van der Waals surface area contributed by atoms with E-state index in [1.54, 1.807) is 0 Å². The van der Waals surface area contributed by atoms with Crippen molar-refractivity contribution in [3.05, 3.63) is 70.2 Å². The maximum Gasteiger partial charge on any atom is 0.0506 e. The van der Waals surface area contributed by atoms with Crippen molar-refractivity contribution in [2.24, 2.45) is 11.8 Å². The number of rotatable bonds is 3. The molecule has 0 saturated heterocycles. The molecule has 1 aliphatic carbocycles. The van der Waals surface area contributed by atoms with E-state index in [-0.39, 0.29) is 6.04 Å². The molecule has 0 aromatic heterocycles. The fraction of sp³-hybridized carbons (Fsp3) is 0.294. The maximum absolute atomic E-state index is 6.32. The number of hydrogen-bond donors (Lipinski definition) is 2. The summed E-state index contributed by atoms with van der Waals surface area (Å²) in [6, 6.07) is 16.8. The average molecular weight is 287 g/mol. The van der Waals surface area contributed by atoms with Crippen LogP contribution >= 0.6 is 11.6 Å². The average Bonchev–Trinajstić information content (AvgIpc) is 2.50. The Balaban J connectivity index is 1.87. The summed E-state index contributed by atoms with van der Waals surface area (Å²) in [6.45, 7) is 0. The molecule has 3 rings (SSSR count). The molecule has 1 aliphatic rings. The van der Waals surface area contributed by atoms with Crippen LogP contribution in [-0.4, -0.2) is 0 Å². The van der Waals surface area contributed by atoms with Gasteiger partial charge >= 0.3 is 0 Å². The number of benzene rings is 2. The normalized spacial score (nSPS) is 19.4. The molecule has 104 valence electrons. The summed E-state index contributed by atoms with van der Waals surface area (Å²) in [7, 11) is 0. The lowest BCUT2D eigenvalue weighted by Crippen LogP contribution is -2.36. The molecule has 2 unspecified atom stereocenters. The smallest absolute Gasteiger partial charge is 0.0506 e. The predicted molar refractivity (Wildman–Crippen MR) is 83.5 cm³/mol. The molecule has 0 aliphatic heterocycles. The van der Waals surface area contributed by atoms with Gasteiger partial charge in [-0.05, 0) is 47.9 Å². The Morgan fingerprint density at radius 1 is 1.05 bits per heavy atom. The van der Waals surface area contributed by atoms with Crippen LogP contribution in [0.1, 0.15) is 29.2 Å². The van der Waals surface area contributed by atoms with E-state index in [1.807, 2.05) is 18.2 Å². The minimum absolute atomic E-state index is 0.108. The number of hydrazine groups is 1. The van der Waals surface area contributed by atoms with Crippen LogP contribution in [0.4, 0.5) is 0 Å². The maximum atomic E-state index is 6.32. The molecule has 2 aromatic carbocycles. The van der Waals surface area contributed by atoms with Gasteiger partial charge in [0.2, 0.25) is 0 Å². The lowest BCUT2D eigenvalue weighted by molar-refractivity contribution is 0.329. The van der Waals surface area contributed by atoms with Crippen LogP contribution < -0.4 is 11.3 Å². The molecule has 0 heterocycles. The van der Waals surface area contributed by atoms with Crippen LogP contribution in [0.3, 0.4) is 0 Å². The zero-order valence-corrected chi connectivity index (χ0v) is 12.1. The molecule has 2 atom stereocenters. The van der Waals surface area contributed by atoms with Crippen molar-refractivity contribution in [3.8, 4) is 0 Å². The second kappa shape index (κ2) is 5.96. The molecule has 0 fully saturated rings. The van der Waals surface area contributed by atoms with E-state index in [0.717, 1.165) is 29.8 Å². The fourth-order valence-electron chi connectivity index (χ4n) is 3.22. The van der Waals surface area contributed by atoms with Crippen molar-refractivity contribution >= 4 is 11.6 Å². The Labute approximate surface area is 124 Å². The van der Waals surface area contributed by atoms with Gasteiger partial charge in [0.15, 0.2) is 0 Å². The summed E-state index contributed by atoms with van der Waals surface area (Å²) in [6.07, 6.45) is 3.30. The van der Waals surface area contributed by atoms with Gasteiger partial charge in [-0.15, -0.1) is 0 Å². The zero-order chi connectivity index (χ0) is 13.9. The van der Waals surface area contributed by atoms with Crippen LogP contribution in [0, 0.1) is 5.92 Å². The molecule has 0 amide bonds. The van der Waals surface area contributed by atoms with Gasteiger partial charge in [-0.1, -0.05) is 54.1 Å². The van der Waals surface area contributed by atoms with E-state index >= 15 is 0 Å². The number of aryl methyl sites for hydroxylation is 1. The Bertz CT molecular complexity index is 597. The summed E-state index contributed by atoms with van der Waals surface area (Å²) in [5, 5.41) is 0.786. The van der Waals surface area contributed by atoms with Gasteiger partial charge < -0.3 is 0 Å². The Kier molecular flexibility index (Phi) is 4.06. The Hall–Kier alpha value is -1.35. The summed E-state index contributed by atoms with van der Waals surface area (Å²) in [4.78, 5) is 0. The number of halogens is 1. The second-order valence-corrected chi connectivity index (χ2v) is 5.84. The minimum Gasteiger partial charge on any atom is -0.271 e. The van der Waals surface area contributed by atoms with Crippen LogP contribution in [-0.2, 0) is 12.8 Å². The third-order valence-electron chi connectivity index (χ3n) is 4.28. The highest BCUT2D eigenvalue weighted by Gasteiger charge is 2.27. The Morgan fingerprint density at radius 2 is 1.75 bits per heavy atom. The van der Waals surface area contributed by atoms with Gasteiger partial charge in [-0.2, -0.15) is 0 Å². The zero-order valence-electron chi connectivity index (χ0n) is 11.4. The van der Waals surface area contributed by atoms with E-state index in [4.69, 9.17) is 17.4 Å². The quantitative estimate of drug-likeness (QED) is 0.668. The number of nitrogens with one attached hydrogen (secondary N) is 1. The summed E-state index contributed by atoms with van der Waals surface area (Å²) in [5.74, 6) is 6.30. The SMILES string of the molecule is NNC(c1ccccc1Cl)C1CCc2ccccc2C1. The van der Waals surface area contributed by atoms with E-state index in [2.05, 4.69) is 35.8 Å². The first-order chi connectivity index (χ1) is 9.79. The molecule has 2 nitrogen and oxygen atoms in total. The van der Waals surface area contributed by atoms with Crippen LogP contribution in [0.15, 0.2) is 48.5 Å². The first kappa shape index (κ1) is 13.6. The van der Waals surface area contributed by atoms with E-state index in [0.29, 0.717) is 5.92 Å². The third-order valence-corrected chi connectivity index (χ3v) is 4.62. The molecular weight excluding hydrogens is 268 g/mol. The Morgan fingerprint density at radius 3 is 2.50 bits per heavy atom. The molecule has 3 heteroatoms. The van der Waals surface area contributed by atoms with Crippen molar-refractivity contribution in [2.75, 3.05) is 0 Å². The van der Waals surface area contributed by atoms with E-state index in [1.165, 1.54) is 11.1 Å². The highest BCUT2D eigenvalue weighted by atomic mass is 35.5. The van der Waals surface area contributed by atoms with Gasteiger partial charge in [-0.3, -0.25) is 11.3 Å². The topological polar surface area (TPSA) is 38.0 Å². The van der Waals surface area contributed by atoms with Gasteiger partial charge in [0, 0.05) is 5.02 Å². The summed E-state index contributed by atoms with van der Waals surface area (Å²) in [5.41, 5.74) is 6.99. The van der Waals surface area contributed by atoms with Gasteiger partial charge in [0.05, 0.1) is 6.04 Å². The number of fused-ring (bicyclic) bond motifs is 1. The highest BCUT2D eigenvalue weighted by Crippen LogP contribution is 2.36. The van der Waals surface area contributed by atoms with Crippen LogP contribution in [0.2, 0.25) is 5.02 Å². The second-order valence-electron chi connectivity index (χ2n) is 5.44. The molecule has 2 aromatic rings. The lowest BCUT2D eigenvalue weighted by atomic mass is 9.78. The van der Waals surface area contributed by atoms with Crippen molar-refractivity contribution in [1.82, 2.24) is 5.43 Å².